The molecule has 3 atom stereocenters. The van der Waals surface area contributed by atoms with Crippen LogP contribution in [0.2, 0.25) is 0 Å². The normalized spacial score (nSPS) is 29.7. The summed E-state index contributed by atoms with van der Waals surface area (Å²) in [7, 11) is 4.48. The molecule has 0 spiro atoms. The Morgan fingerprint density at radius 3 is 2.63 bits per heavy atom. The fraction of sp³-hybridized carbons (Fsp3) is 1.00. The molecule has 0 aromatic rings. The predicted octanol–water partition coefficient (Wildman–Crippen LogP) is 2.90. The second-order valence-electron chi connectivity index (χ2n) is 6.37. The smallest absolute Gasteiger partial charge is 0.0637 e. The van der Waals surface area contributed by atoms with Crippen molar-refractivity contribution in [2.45, 2.75) is 64.5 Å². The van der Waals surface area contributed by atoms with Crippen molar-refractivity contribution in [2.75, 3.05) is 33.9 Å². The van der Waals surface area contributed by atoms with Gasteiger partial charge in [-0.15, -0.1) is 0 Å². The predicted molar refractivity (Wildman–Crippen MR) is 82.6 cm³/mol. The van der Waals surface area contributed by atoms with Crippen molar-refractivity contribution in [1.29, 1.82) is 0 Å². The number of rotatable bonds is 8. The van der Waals surface area contributed by atoms with Gasteiger partial charge in [-0.1, -0.05) is 26.7 Å². The topological polar surface area (TPSA) is 24.5 Å². The molecule has 0 bridgehead atoms. The van der Waals surface area contributed by atoms with Crippen LogP contribution < -0.4 is 5.32 Å². The Labute approximate surface area is 120 Å². The highest BCUT2D eigenvalue weighted by Crippen LogP contribution is 2.38. The highest BCUT2D eigenvalue weighted by molar-refractivity contribution is 5.02. The summed E-state index contributed by atoms with van der Waals surface area (Å²) in [5.74, 6) is 0.823. The molecule has 0 saturated heterocycles. The monoisotopic (exact) mass is 270 g/mol. The van der Waals surface area contributed by atoms with Crippen molar-refractivity contribution in [3.8, 4) is 0 Å². The van der Waals surface area contributed by atoms with E-state index in [2.05, 4.69) is 45.1 Å². The molecule has 1 aliphatic carbocycles. The summed E-state index contributed by atoms with van der Waals surface area (Å²) in [6.45, 7) is 9.45. The first-order valence-corrected chi connectivity index (χ1v) is 8.05. The molecular formula is C16H34N2O. The zero-order chi connectivity index (χ0) is 14.3. The molecule has 1 rings (SSSR count). The first-order valence-electron chi connectivity index (χ1n) is 8.05. The van der Waals surface area contributed by atoms with Gasteiger partial charge in [0.25, 0.3) is 0 Å². The molecule has 3 unspecified atom stereocenters. The molecule has 1 N–H and O–H groups in total. The summed E-state index contributed by atoms with van der Waals surface area (Å²) in [4.78, 5) is 2.45. The van der Waals surface area contributed by atoms with E-state index in [9.17, 15) is 0 Å². The maximum atomic E-state index is 5.77. The number of ether oxygens (including phenoxy) is 1. The van der Waals surface area contributed by atoms with E-state index in [1.807, 2.05) is 0 Å². The number of hydrogen-bond acceptors (Lipinski definition) is 3. The van der Waals surface area contributed by atoms with Gasteiger partial charge in [0.2, 0.25) is 0 Å². The molecule has 114 valence electrons. The van der Waals surface area contributed by atoms with E-state index in [4.69, 9.17) is 4.74 Å². The first kappa shape index (κ1) is 16.9. The zero-order valence-electron chi connectivity index (χ0n) is 13.7. The van der Waals surface area contributed by atoms with Crippen LogP contribution >= 0.6 is 0 Å². The third-order valence-corrected chi connectivity index (χ3v) is 4.68. The molecular weight excluding hydrogens is 236 g/mol. The lowest BCUT2D eigenvalue weighted by atomic mass is 9.71. The fourth-order valence-electron chi connectivity index (χ4n) is 3.56. The molecule has 1 fully saturated rings. The minimum Gasteiger partial charge on any atom is -0.380 e. The Kier molecular flexibility index (Phi) is 7.33. The van der Waals surface area contributed by atoms with Crippen LogP contribution in [0, 0.1) is 5.92 Å². The SMILES string of the molecule is CCCNC(COCC)C1(N(C)C)CCCC(C)C1. The van der Waals surface area contributed by atoms with Crippen molar-refractivity contribution < 1.29 is 4.74 Å². The van der Waals surface area contributed by atoms with Gasteiger partial charge in [-0.3, -0.25) is 0 Å². The molecule has 0 aromatic heterocycles. The van der Waals surface area contributed by atoms with Gasteiger partial charge in [-0.25, -0.2) is 0 Å². The molecule has 3 heteroatoms. The van der Waals surface area contributed by atoms with Gasteiger partial charge in [0.15, 0.2) is 0 Å². The lowest BCUT2D eigenvalue weighted by Gasteiger charge is -2.50. The van der Waals surface area contributed by atoms with E-state index in [1.54, 1.807) is 0 Å². The molecule has 0 amide bonds. The highest BCUT2D eigenvalue weighted by Gasteiger charge is 2.43. The summed E-state index contributed by atoms with van der Waals surface area (Å²) in [5, 5.41) is 3.75. The summed E-state index contributed by atoms with van der Waals surface area (Å²) in [5.41, 5.74) is 0.266. The quantitative estimate of drug-likeness (QED) is 0.734. The van der Waals surface area contributed by atoms with Gasteiger partial charge in [0, 0.05) is 18.2 Å². The second-order valence-corrected chi connectivity index (χ2v) is 6.37. The third kappa shape index (κ3) is 4.44. The van der Waals surface area contributed by atoms with Crippen LogP contribution in [0.1, 0.15) is 52.9 Å². The zero-order valence-corrected chi connectivity index (χ0v) is 13.7. The summed E-state index contributed by atoms with van der Waals surface area (Å²) in [6.07, 6.45) is 6.48. The van der Waals surface area contributed by atoms with Crippen LogP contribution in [0.5, 0.6) is 0 Å². The Hall–Kier alpha value is -0.120. The minimum atomic E-state index is 0.266. The van der Waals surface area contributed by atoms with E-state index < -0.39 is 0 Å². The Morgan fingerprint density at radius 1 is 1.37 bits per heavy atom. The lowest BCUT2D eigenvalue weighted by molar-refractivity contribution is -0.00185. The van der Waals surface area contributed by atoms with Crippen LogP contribution in [0.15, 0.2) is 0 Å². The van der Waals surface area contributed by atoms with Gasteiger partial charge >= 0.3 is 0 Å². The van der Waals surface area contributed by atoms with E-state index >= 15 is 0 Å². The van der Waals surface area contributed by atoms with Crippen molar-refractivity contribution in [3.63, 3.8) is 0 Å². The maximum absolute atomic E-state index is 5.77. The molecule has 0 heterocycles. The van der Waals surface area contributed by atoms with Crippen LogP contribution in [0.3, 0.4) is 0 Å². The maximum Gasteiger partial charge on any atom is 0.0637 e. The standard InChI is InChI=1S/C16H34N2O/c1-6-11-17-15(13-19-7-2)16(18(4)5)10-8-9-14(3)12-16/h14-15,17H,6-13H2,1-5H3. The Balaban J connectivity index is 2.82. The average molecular weight is 270 g/mol. The summed E-state index contributed by atoms with van der Waals surface area (Å²) < 4.78 is 5.77. The molecule has 0 aliphatic heterocycles. The molecule has 3 nitrogen and oxygen atoms in total. The minimum absolute atomic E-state index is 0.266. The van der Waals surface area contributed by atoms with Crippen LogP contribution in [0.4, 0.5) is 0 Å². The van der Waals surface area contributed by atoms with Gasteiger partial charge in [-0.2, -0.15) is 0 Å². The van der Waals surface area contributed by atoms with Crippen LogP contribution in [0.25, 0.3) is 0 Å². The fourth-order valence-corrected chi connectivity index (χ4v) is 3.56. The second kappa shape index (κ2) is 8.23. The van der Waals surface area contributed by atoms with Gasteiger partial charge < -0.3 is 15.0 Å². The largest absolute Gasteiger partial charge is 0.380 e. The molecule has 1 saturated carbocycles. The number of likely N-dealkylation sites (N-methyl/N-ethyl adjacent to an activating group) is 1. The van der Waals surface area contributed by atoms with E-state index in [1.165, 1.54) is 32.1 Å². The van der Waals surface area contributed by atoms with E-state index in [0.29, 0.717) is 6.04 Å². The van der Waals surface area contributed by atoms with Crippen LogP contribution in [-0.2, 0) is 4.74 Å². The lowest BCUT2D eigenvalue weighted by Crippen LogP contribution is -2.62. The molecule has 1 aliphatic rings. The highest BCUT2D eigenvalue weighted by atomic mass is 16.5. The molecule has 0 radical (unpaired) electrons. The van der Waals surface area contributed by atoms with Gasteiger partial charge in [0.05, 0.1) is 6.61 Å². The van der Waals surface area contributed by atoms with Crippen molar-refractivity contribution in [3.05, 3.63) is 0 Å². The van der Waals surface area contributed by atoms with Gasteiger partial charge in [-0.05, 0) is 52.7 Å². The van der Waals surface area contributed by atoms with E-state index in [-0.39, 0.29) is 5.54 Å². The Bertz CT molecular complexity index is 237. The van der Waals surface area contributed by atoms with Crippen molar-refractivity contribution >= 4 is 0 Å². The molecule has 19 heavy (non-hydrogen) atoms. The first-order chi connectivity index (χ1) is 9.06. The third-order valence-electron chi connectivity index (χ3n) is 4.68. The number of nitrogens with zero attached hydrogens (tertiary/aromatic N) is 1. The van der Waals surface area contributed by atoms with Crippen LogP contribution in [-0.4, -0.2) is 50.3 Å². The average Bonchev–Trinajstić information content (AvgIpc) is 2.38. The summed E-state index contributed by atoms with van der Waals surface area (Å²) >= 11 is 0. The van der Waals surface area contributed by atoms with Crippen molar-refractivity contribution in [1.82, 2.24) is 10.2 Å². The van der Waals surface area contributed by atoms with Crippen molar-refractivity contribution in [2.24, 2.45) is 5.92 Å². The number of nitrogens with one attached hydrogen (secondary N) is 1. The summed E-state index contributed by atoms with van der Waals surface area (Å²) in [6, 6.07) is 0.449. The van der Waals surface area contributed by atoms with E-state index in [0.717, 1.165) is 25.7 Å². The molecule has 0 aromatic carbocycles. The number of hydrogen-bond donors (Lipinski definition) is 1. The van der Waals surface area contributed by atoms with Gasteiger partial charge in [0.1, 0.15) is 0 Å². The Morgan fingerprint density at radius 2 is 2.11 bits per heavy atom.